The lowest BCUT2D eigenvalue weighted by Crippen LogP contribution is -2.36. The monoisotopic (exact) mass is 525 g/mol. The number of amides is 1. The van der Waals surface area contributed by atoms with Crippen molar-refractivity contribution < 1.29 is 13.9 Å². The fourth-order valence-electron chi connectivity index (χ4n) is 2.89. The zero-order valence-corrected chi connectivity index (χ0v) is 19.0. The number of aryl methyl sites for hydroxylation is 1. The number of ether oxygens (including phenoxy) is 1. The van der Waals surface area contributed by atoms with E-state index in [2.05, 4.69) is 47.1 Å². The minimum absolute atomic E-state index is 0.182. The molecular formula is C19H17Br2N3O3S. The second kappa shape index (κ2) is 8.44. The number of morpholine rings is 1. The van der Waals surface area contributed by atoms with Gasteiger partial charge in [0.05, 0.1) is 28.3 Å². The molecule has 2 aromatic rings. The van der Waals surface area contributed by atoms with Gasteiger partial charge in [0.15, 0.2) is 5.17 Å². The standard InChI is InChI=1S/C19H17Br2N3O3S/c1-11-8-12(20)2-3-15(11)22-19-23-17(25)16(28-19)10-13-9-14(21)18(27-13)24-4-6-26-7-5-24/h2-3,8-10H,4-7H2,1H3,(H,22,23,25)/b16-10-. The lowest BCUT2D eigenvalue weighted by molar-refractivity contribution is -0.115. The molecule has 146 valence electrons. The van der Waals surface area contributed by atoms with E-state index in [-0.39, 0.29) is 5.91 Å². The Morgan fingerprint density at radius 3 is 2.79 bits per heavy atom. The van der Waals surface area contributed by atoms with E-state index in [0.29, 0.717) is 29.0 Å². The highest BCUT2D eigenvalue weighted by Crippen LogP contribution is 2.34. The van der Waals surface area contributed by atoms with Crippen molar-refractivity contribution in [1.29, 1.82) is 0 Å². The number of carbonyl (C=O) groups excluding carboxylic acids is 1. The molecule has 0 unspecified atom stereocenters. The third-order valence-corrected chi connectivity index (χ3v) is 6.26. The Morgan fingerprint density at radius 1 is 1.25 bits per heavy atom. The number of rotatable bonds is 3. The number of amidine groups is 1. The summed E-state index contributed by atoms with van der Waals surface area (Å²) in [5, 5.41) is 3.37. The molecule has 1 N–H and O–H groups in total. The number of halogens is 2. The van der Waals surface area contributed by atoms with Gasteiger partial charge in [-0.3, -0.25) is 4.79 Å². The van der Waals surface area contributed by atoms with E-state index in [1.807, 2.05) is 31.2 Å². The van der Waals surface area contributed by atoms with E-state index < -0.39 is 0 Å². The predicted octanol–water partition coefficient (Wildman–Crippen LogP) is 4.84. The molecule has 4 rings (SSSR count). The SMILES string of the molecule is Cc1cc(Br)ccc1N=C1NC(=O)/C(=C/c2cc(Br)c(N3CCOCC3)o2)S1. The third-order valence-electron chi connectivity index (χ3n) is 4.29. The van der Waals surface area contributed by atoms with Gasteiger partial charge >= 0.3 is 0 Å². The average molecular weight is 527 g/mol. The summed E-state index contributed by atoms with van der Waals surface area (Å²) in [6.07, 6.45) is 1.74. The smallest absolute Gasteiger partial charge is 0.264 e. The van der Waals surface area contributed by atoms with Crippen LogP contribution in [0.3, 0.4) is 0 Å². The van der Waals surface area contributed by atoms with Gasteiger partial charge in [-0.25, -0.2) is 4.99 Å². The molecule has 0 radical (unpaired) electrons. The summed E-state index contributed by atoms with van der Waals surface area (Å²) in [6.45, 7) is 4.89. The normalized spacial score (nSPS) is 20.2. The summed E-state index contributed by atoms with van der Waals surface area (Å²) in [4.78, 5) is 19.6. The van der Waals surface area contributed by atoms with Crippen molar-refractivity contribution in [3.8, 4) is 0 Å². The number of carbonyl (C=O) groups is 1. The summed E-state index contributed by atoms with van der Waals surface area (Å²) >= 11 is 8.29. The van der Waals surface area contributed by atoms with Gasteiger partial charge in [-0.2, -0.15) is 0 Å². The van der Waals surface area contributed by atoms with Crippen LogP contribution in [0.2, 0.25) is 0 Å². The van der Waals surface area contributed by atoms with Crippen LogP contribution in [-0.2, 0) is 9.53 Å². The largest absolute Gasteiger partial charge is 0.440 e. The van der Waals surface area contributed by atoms with Gasteiger partial charge in [-0.1, -0.05) is 15.9 Å². The van der Waals surface area contributed by atoms with Crippen molar-refractivity contribution in [3.63, 3.8) is 0 Å². The molecular weight excluding hydrogens is 510 g/mol. The van der Waals surface area contributed by atoms with Gasteiger partial charge in [0.2, 0.25) is 5.88 Å². The van der Waals surface area contributed by atoms with E-state index in [9.17, 15) is 4.79 Å². The number of hydrogen-bond donors (Lipinski definition) is 1. The second-order valence-corrected chi connectivity index (χ2v) is 9.11. The minimum atomic E-state index is -0.182. The Labute approximate surface area is 183 Å². The Kier molecular flexibility index (Phi) is 5.96. The van der Waals surface area contributed by atoms with Crippen LogP contribution in [0.25, 0.3) is 6.08 Å². The lowest BCUT2D eigenvalue weighted by Gasteiger charge is -2.26. The number of furan rings is 1. The molecule has 3 heterocycles. The first-order chi connectivity index (χ1) is 13.5. The van der Waals surface area contributed by atoms with Crippen molar-refractivity contribution >= 4 is 72.3 Å². The van der Waals surface area contributed by atoms with E-state index in [1.54, 1.807) is 6.08 Å². The molecule has 0 saturated carbocycles. The molecule has 2 saturated heterocycles. The molecule has 6 nitrogen and oxygen atoms in total. The first-order valence-corrected chi connectivity index (χ1v) is 11.1. The molecule has 0 bridgehead atoms. The van der Waals surface area contributed by atoms with E-state index in [4.69, 9.17) is 9.15 Å². The Morgan fingerprint density at radius 2 is 2.04 bits per heavy atom. The molecule has 9 heteroatoms. The quantitative estimate of drug-likeness (QED) is 0.579. The number of anilines is 1. The number of hydrogen-bond acceptors (Lipinski definition) is 6. The lowest BCUT2D eigenvalue weighted by atomic mass is 10.2. The molecule has 1 aromatic carbocycles. The molecule has 0 spiro atoms. The van der Waals surface area contributed by atoms with Gasteiger partial charge in [0, 0.05) is 29.7 Å². The van der Waals surface area contributed by atoms with Gasteiger partial charge < -0.3 is 19.4 Å². The molecule has 2 fully saturated rings. The van der Waals surface area contributed by atoms with Gasteiger partial charge in [-0.15, -0.1) is 0 Å². The number of thioether (sulfide) groups is 1. The van der Waals surface area contributed by atoms with Crippen LogP contribution >= 0.6 is 43.6 Å². The maximum Gasteiger partial charge on any atom is 0.264 e. The van der Waals surface area contributed by atoms with Crippen LogP contribution in [0.1, 0.15) is 11.3 Å². The van der Waals surface area contributed by atoms with E-state index in [0.717, 1.165) is 39.2 Å². The van der Waals surface area contributed by atoms with E-state index >= 15 is 0 Å². The molecule has 2 aliphatic rings. The molecule has 0 aliphatic carbocycles. The van der Waals surface area contributed by atoms with Crippen LogP contribution in [-0.4, -0.2) is 37.4 Å². The fraction of sp³-hybridized carbons (Fsp3) is 0.263. The van der Waals surface area contributed by atoms with E-state index in [1.165, 1.54) is 11.8 Å². The second-order valence-electron chi connectivity index (χ2n) is 6.31. The Balaban J connectivity index is 1.54. The van der Waals surface area contributed by atoms with Crippen LogP contribution < -0.4 is 10.2 Å². The summed E-state index contributed by atoms with van der Waals surface area (Å²) in [5.41, 5.74) is 1.85. The van der Waals surface area contributed by atoms with Crippen LogP contribution in [0.4, 0.5) is 11.6 Å². The average Bonchev–Trinajstić information content (AvgIpc) is 3.20. The zero-order chi connectivity index (χ0) is 19.7. The number of aliphatic imine (C=N–C) groups is 1. The highest BCUT2D eigenvalue weighted by Gasteiger charge is 2.25. The third kappa shape index (κ3) is 4.37. The number of nitrogens with zero attached hydrogens (tertiary/aromatic N) is 2. The highest BCUT2D eigenvalue weighted by atomic mass is 79.9. The van der Waals surface area contributed by atoms with Crippen molar-refractivity contribution in [2.24, 2.45) is 4.99 Å². The minimum Gasteiger partial charge on any atom is -0.440 e. The van der Waals surface area contributed by atoms with Gasteiger partial charge in [0.25, 0.3) is 5.91 Å². The van der Waals surface area contributed by atoms with Gasteiger partial charge in [0.1, 0.15) is 5.76 Å². The first-order valence-electron chi connectivity index (χ1n) is 8.67. The summed E-state index contributed by atoms with van der Waals surface area (Å²) in [7, 11) is 0. The topological polar surface area (TPSA) is 67.1 Å². The van der Waals surface area contributed by atoms with Crippen LogP contribution in [0.5, 0.6) is 0 Å². The molecule has 28 heavy (non-hydrogen) atoms. The van der Waals surface area contributed by atoms with Crippen molar-refractivity contribution in [2.45, 2.75) is 6.92 Å². The maximum absolute atomic E-state index is 12.3. The van der Waals surface area contributed by atoms with Crippen molar-refractivity contribution in [3.05, 3.63) is 49.4 Å². The van der Waals surface area contributed by atoms with Crippen molar-refractivity contribution in [1.82, 2.24) is 5.32 Å². The summed E-state index contributed by atoms with van der Waals surface area (Å²) in [5.74, 6) is 1.20. The van der Waals surface area contributed by atoms with Crippen molar-refractivity contribution in [2.75, 3.05) is 31.2 Å². The molecule has 2 aliphatic heterocycles. The zero-order valence-electron chi connectivity index (χ0n) is 15.0. The summed E-state index contributed by atoms with van der Waals surface area (Å²) in [6, 6.07) is 7.71. The number of benzene rings is 1. The van der Waals surface area contributed by atoms with Crippen LogP contribution in [0, 0.1) is 6.92 Å². The highest BCUT2D eigenvalue weighted by molar-refractivity contribution is 9.10. The van der Waals surface area contributed by atoms with Gasteiger partial charge in [-0.05, 0) is 58.4 Å². The Hall–Kier alpha value is -1.55. The fourth-order valence-corrected chi connectivity index (χ4v) is 4.74. The summed E-state index contributed by atoms with van der Waals surface area (Å²) < 4.78 is 13.2. The predicted molar refractivity (Wildman–Crippen MR) is 119 cm³/mol. The maximum atomic E-state index is 12.3. The molecule has 1 amide bonds. The first kappa shape index (κ1) is 19.8. The van der Waals surface area contributed by atoms with Crippen LogP contribution in [0.15, 0.2) is 47.5 Å². The molecule has 0 atom stereocenters. The number of nitrogens with one attached hydrogen (secondary N) is 1. The Bertz CT molecular complexity index is 981. The molecule has 1 aromatic heterocycles.